The van der Waals surface area contributed by atoms with Gasteiger partial charge in [-0.1, -0.05) is 23.2 Å². The quantitative estimate of drug-likeness (QED) is 0.781. The number of nitrogens with two attached hydrogens (primary N) is 1. The van der Waals surface area contributed by atoms with Crippen LogP contribution in [0.15, 0.2) is 35.1 Å². The Kier molecular flexibility index (Phi) is 2.69. The summed E-state index contributed by atoms with van der Waals surface area (Å²) in [5.74, 6) is 0.421. The molecule has 0 fully saturated rings. The number of hydrogen-bond acceptors (Lipinski definition) is 3. The highest BCUT2D eigenvalue weighted by atomic mass is 35.5. The lowest BCUT2D eigenvalue weighted by molar-refractivity contribution is 0.562. The fourth-order valence-electron chi connectivity index (χ4n) is 1.87. The predicted molar refractivity (Wildman–Crippen MR) is 72.0 cm³/mol. The Morgan fingerprint density at radius 3 is 2.78 bits per heavy atom. The average Bonchev–Trinajstić information content (AvgIpc) is 2.92. The lowest BCUT2D eigenvalue weighted by atomic mass is 10.3. The molecule has 0 spiro atoms. The number of halogens is 2. The summed E-state index contributed by atoms with van der Waals surface area (Å²) in [6, 6.07) is 5.35. The van der Waals surface area contributed by atoms with Gasteiger partial charge in [-0.05, 0) is 18.2 Å². The minimum Gasteiger partial charge on any atom is -0.472 e. The lowest BCUT2D eigenvalue weighted by Gasteiger charge is -2.04. The second-order valence-electron chi connectivity index (χ2n) is 3.94. The molecule has 0 aliphatic carbocycles. The van der Waals surface area contributed by atoms with Crippen LogP contribution in [0.3, 0.4) is 0 Å². The molecule has 0 unspecified atom stereocenters. The van der Waals surface area contributed by atoms with Gasteiger partial charge in [0.15, 0.2) is 0 Å². The molecule has 0 saturated heterocycles. The van der Waals surface area contributed by atoms with Gasteiger partial charge < -0.3 is 14.7 Å². The molecular weight excluding hydrogens is 273 g/mol. The second-order valence-corrected chi connectivity index (χ2v) is 4.76. The first kappa shape index (κ1) is 11.4. The molecule has 18 heavy (non-hydrogen) atoms. The van der Waals surface area contributed by atoms with E-state index in [1.165, 1.54) is 0 Å². The molecule has 0 aliphatic heterocycles. The minimum atomic E-state index is 0.421. The molecule has 6 heteroatoms. The van der Waals surface area contributed by atoms with Crippen LogP contribution >= 0.6 is 23.2 Å². The summed E-state index contributed by atoms with van der Waals surface area (Å²) in [6.07, 6.45) is 3.29. The van der Waals surface area contributed by atoms with Crippen molar-refractivity contribution in [3.05, 3.63) is 46.3 Å². The molecule has 2 heterocycles. The van der Waals surface area contributed by atoms with Crippen molar-refractivity contribution in [2.24, 2.45) is 0 Å². The van der Waals surface area contributed by atoms with Crippen molar-refractivity contribution < 1.29 is 4.42 Å². The molecule has 2 aromatic heterocycles. The van der Waals surface area contributed by atoms with E-state index in [1.807, 2.05) is 10.6 Å². The van der Waals surface area contributed by atoms with E-state index in [9.17, 15) is 0 Å². The first-order chi connectivity index (χ1) is 8.65. The monoisotopic (exact) mass is 281 g/mol. The second kappa shape index (κ2) is 4.23. The SMILES string of the molecule is Nc1nc2cc(Cl)c(Cl)cc2n1Cc1ccoc1. The van der Waals surface area contributed by atoms with Gasteiger partial charge in [-0.15, -0.1) is 0 Å². The Morgan fingerprint density at radius 2 is 2.06 bits per heavy atom. The number of imidazole rings is 1. The predicted octanol–water partition coefficient (Wildman–Crippen LogP) is 3.57. The van der Waals surface area contributed by atoms with Crippen molar-refractivity contribution in [1.82, 2.24) is 9.55 Å². The van der Waals surface area contributed by atoms with Crippen molar-refractivity contribution in [1.29, 1.82) is 0 Å². The van der Waals surface area contributed by atoms with Crippen LogP contribution in [-0.4, -0.2) is 9.55 Å². The Hall–Kier alpha value is -1.65. The number of fused-ring (bicyclic) bond motifs is 1. The molecule has 0 saturated carbocycles. The Bertz CT molecular complexity index is 704. The van der Waals surface area contributed by atoms with Gasteiger partial charge in [-0.3, -0.25) is 0 Å². The minimum absolute atomic E-state index is 0.421. The molecule has 92 valence electrons. The number of nitrogens with zero attached hydrogens (tertiary/aromatic N) is 2. The molecule has 4 nitrogen and oxygen atoms in total. The fourth-order valence-corrected chi connectivity index (χ4v) is 2.19. The van der Waals surface area contributed by atoms with E-state index < -0.39 is 0 Å². The van der Waals surface area contributed by atoms with E-state index in [2.05, 4.69) is 4.98 Å². The number of anilines is 1. The number of furan rings is 1. The molecule has 3 aromatic rings. The molecule has 1 aromatic carbocycles. The smallest absolute Gasteiger partial charge is 0.201 e. The number of hydrogen-bond donors (Lipinski definition) is 1. The van der Waals surface area contributed by atoms with Crippen molar-refractivity contribution in [2.75, 3.05) is 5.73 Å². The van der Waals surface area contributed by atoms with E-state index in [1.54, 1.807) is 24.7 Å². The summed E-state index contributed by atoms with van der Waals surface area (Å²) < 4.78 is 6.90. The molecule has 0 radical (unpaired) electrons. The highest BCUT2D eigenvalue weighted by Crippen LogP contribution is 2.29. The third-order valence-electron chi connectivity index (χ3n) is 2.74. The van der Waals surface area contributed by atoms with Gasteiger partial charge in [0.05, 0.1) is 40.1 Å². The van der Waals surface area contributed by atoms with Crippen molar-refractivity contribution >= 4 is 40.2 Å². The summed E-state index contributed by atoms with van der Waals surface area (Å²) in [5.41, 5.74) is 8.49. The molecule has 0 bridgehead atoms. The lowest BCUT2D eigenvalue weighted by Crippen LogP contribution is -2.03. The Balaban J connectivity index is 2.16. The van der Waals surface area contributed by atoms with Crippen molar-refractivity contribution in [3.63, 3.8) is 0 Å². The van der Waals surface area contributed by atoms with Crippen LogP contribution < -0.4 is 5.73 Å². The maximum absolute atomic E-state index is 6.02. The highest BCUT2D eigenvalue weighted by molar-refractivity contribution is 6.42. The van der Waals surface area contributed by atoms with Gasteiger partial charge in [0, 0.05) is 5.56 Å². The standard InChI is InChI=1S/C12H9Cl2N3O/c13-8-3-10-11(4-9(8)14)17(12(15)16-10)5-7-1-2-18-6-7/h1-4,6H,5H2,(H2,15,16). The summed E-state index contributed by atoms with van der Waals surface area (Å²) in [5, 5.41) is 0.953. The Morgan fingerprint density at radius 1 is 1.28 bits per heavy atom. The van der Waals surface area contributed by atoms with E-state index >= 15 is 0 Å². The number of aromatic nitrogens is 2. The van der Waals surface area contributed by atoms with Crippen LogP contribution in [0.25, 0.3) is 11.0 Å². The molecule has 3 rings (SSSR count). The molecule has 0 aliphatic rings. The van der Waals surface area contributed by atoms with Crippen LogP contribution in [0.5, 0.6) is 0 Å². The molecule has 0 atom stereocenters. The largest absolute Gasteiger partial charge is 0.472 e. The summed E-state index contributed by atoms with van der Waals surface area (Å²) in [7, 11) is 0. The van der Waals surface area contributed by atoms with Crippen molar-refractivity contribution in [3.8, 4) is 0 Å². The van der Waals surface area contributed by atoms with Crippen LogP contribution in [0.1, 0.15) is 5.56 Å². The van der Waals surface area contributed by atoms with Gasteiger partial charge in [0.1, 0.15) is 0 Å². The van der Waals surface area contributed by atoms with Gasteiger partial charge in [-0.2, -0.15) is 0 Å². The first-order valence-corrected chi connectivity index (χ1v) is 6.02. The third-order valence-corrected chi connectivity index (χ3v) is 3.46. The fraction of sp³-hybridized carbons (Fsp3) is 0.0833. The Labute approximate surface area is 113 Å². The van der Waals surface area contributed by atoms with Crippen molar-refractivity contribution in [2.45, 2.75) is 6.54 Å². The molecular formula is C12H9Cl2N3O. The number of benzene rings is 1. The van der Waals surface area contributed by atoms with Gasteiger partial charge in [-0.25, -0.2) is 4.98 Å². The first-order valence-electron chi connectivity index (χ1n) is 5.27. The normalized spacial score (nSPS) is 11.2. The summed E-state index contributed by atoms with van der Waals surface area (Å²) in [4.78, 5) is 4.26. The van der Waals surface area contributed by atoms with E-state index in [0.717, 1.165) is 16.6 Å². The molecule has 2 N–H and O–H groups in total. The number of rotatable bonds is 2. The molecule has 0 amide bonds. The maximum Gasteiger partial charge on any atom is 0.201 e. The topological polar surface area (TPSA) is 57.0 Å². The number of nitrogen functional groups attached to an aromatic ring is 1. The van der Waals surface area contributed by atoms with E-state index in [4.69, 9.17) is 33.4 Å². The summed E-state index contributed by atoms with van der Waals surface area (Å²) >= 11 is 12.0. The van der Waals surface area contributed by atoms with E-state index in [-0.39, 0.29) is 0 Å². The van der Waals surface area contributed by atoms with Gasteiger partial charge in [0.25, 0.3) is 0 Å². The third kappa shape index (κ3) is 1.83. The zero-order valence-electron chi connectivity index (χ0n) is 9.23. The van der Waals surface area contributed by atoms with E-state index in [0.29, 0.717) is 22.5 Å². The average molecular weight is 282 g/mol. The van der Waals surface area contributed by atoms with Gasteiger partial charge >= 0.3 is 0 Å². The summed E-state index contributed by atoms with van der Waals surface area (Å²) in [6.45, 7) is 0.580. The van der Waals surface area contributed by atoms with Crippen LogP contribution in [0, 0.1) is 0 Å². The van der Waals surface area contributed by atoms with Crippen LogP contribution in [0.2, 0.25) is 10.0 Å². The van der Waals surface area contributed by atoms with Crippen LogP contribution in [0.4, 0.5) is 5.95 Å². The highest BCUT2D eigenvalue weighted by Gasteiger charge is 2.11. The van der Waals surface area contributed by atoms with Crippen LogP contribution in [-0.2, 0) is 6.54 Å². The van der Waals surface area contributed by atoms with Gasteiger partial charge in [0.2, 0.25) is 5.95 Å². The zero-order chi connectivity index (χ0) is 12.7. The zero-order valence-corrected chi connectivity index (χ0v) is 10.7. The maximum atomic E-state index is 6.02.